The second-order valence-electron chi connectivity index (χ2n) is 5.40. The Morgan fingerprint density at radius 1 is 1.28 bits per heavy atom. The van der Waals surface area contributed by atoms with Crippen molar-refractivity contribution < 1.29 is 17.6 Å². The third-order valence-corrected chi connectivity index (χ3v) is 5.14. The molecule has 0 unspecified atom stereocenters. The SMILES string of the molecule is Cc1cc(C)c(S(=O)(=O)O)c(C)c1.N#CCc1c(Cl)cc(Br)c[n+]1N. The van der Waals surface area contributed by atoms with Gasteiger partial charge in [-0.05, 0) is 53.9 Å². The zero-order valence-corrected chi connectivity index (χ0v) is 17.1. The van der Waals surface area contributed by atoms with Gasteiger partial charge in [0.05, 0.1) is 15.4 Å². The van der Waals surface area contributed by atoms with E-state index in [9.17, 15) is 8.42 Å². The molecule has 0 saturated carbocycles. The molecule has 0 fully saturated rings. The lowest BCUT2D eigenvalue weighted by Crippen LogP contribution is -2.48. The van der Waals surface area contributed by atoms with E-state index in [4.69, 9.17) is 27.3 Å². The lowest BCUT2D eigenvalue weighted by Gasteiger charge is -2.07. The van der Waals surface area contributed by atoms with Gasteiger partial charge in [-0.1, -0.05) is 34.0 Å². The fraction of sp³-hybridized carbons (Fsp3) is 0.250. The standard InChI is InChI=1S/C9H12O3S.C7H6BrClN3/c1-6-4-7(2)9(8(3)5-6)13(10,11)12;8-5-3-6(9)7(1-2-10)12(11)4-5/h4-5H,1-3H3,(H,10,11,12);3-4H,1,11H2/q;+1. The van der Waals surface area contributed by atoms with Gasteiger partial charge in [-0.15, -0.1) is 0 Å². The highest BCUT2D eigenvalue weighted by Gasteiger charge is 2.16. The number of nitriles is 1. The molecule has 1 aromatic heterocycles. The van der Waals surface area contributed by atoms with Crippen molar-refractivity contribution in [2.75, 3.05) is 5.84 Å². The summed E-state index contributed by atoms with van der Waals surface area (Å²) in [6, 6.07) is 7.15. The van der Waals surface area contributed by atoms with Gasteiger partial charge in [-0.2, -0.15) is 13.7 Å². The molecule has 0 aliphatic carbocycles. The van der Waals surface area contributed by atoms with E-state index in [-0.39, 0.29) is 11.3 Å². The van der Waals surface area contributed by atoms with Crippen LogP contribution in [0, 0.1) is 32.1 Å². The number of nitrogens with two attached hydrogens (primary N) is 1. The Hall–Kier alpha value is -1.66. The van der Waals surface area contributed by atoms with E-state index in [1.807, 2.05) is 13.0 Å². The van der Waals surface area contributed by atoms with E-state index >= 15 is 0 Å². The third-order valence-electron chi connectivity index (χ3n) is 3.22. The van der Waals surface area contributed by atoms with Crippen LogP contribution >= 0.6 is 27.5 Å². The first-order valence-corrected chi connectivity index (χ1v) is 9.65. The van der Waals surface area contributed by atoms with Crippen molar-refractivity contribution in [3.05, 3.63) is 56.3 Å². The number of hydrogen-bond acceptors (Lipinski definition) is 4. The molecule has 0 spiro atoms. The molecule has 3 N–H and O–H groups in total. The lowest BCUT2D eigenvalue weighted by molar-refractivity contribution is -0.646. The summed E-state index contributed by atoms with van der Waals surface area (Å²) in [6.07, 6.45) is 1.86. The number of aromatic nitrogens is 1. The number of halogens is 2. The van der Waals surface area contributed by atoms with Crippen molar-refractivity contribution in [1.82, 2.24) is 0 Å². The molecule has 0 aliphatic rings. The maximum absolute atomic E-state index is 10.9. The summed E-state index contributed by atoms with van der Waals surface area (Å²) in [7, 11) is -4.08. The number of hydrogen-bond donors (Lipinski definition) is 2. The van der Waals surface area contributed by atoms with E-state index < -0.39 is 10.1 Å². The maximum atomic E-state index is 10.9. The fourth-order valence-electron chi connectivity index (χ4n) is 2.40. The monoisotopic (exact) mass is 446 g/mol. The van der Waals surface area contributed by atoms with Crippen molar-refractivity contribution in [3.8, 4) is 6.07 Å². The molecule has 0 amide bonds. The molecule has 0 bridgehead atoms. The van der Waals surface area contributed by atoms with Crippen molar-refractivity contribution in [3.63, 3.8) is 0 Å². The minimum absolute atomic E-state index is 0.0260. The maximum Gasteiger partial charge on any atom is 0.295 e. The highest BCUT2D eigenvalue weighted by Crippen LogP contribution is 2.21. The van der Waals surface area contributed by atoms with E-state index in [0.717, 1.165) is 10.0 Å². The van der Waals surface area contributed by atoms with Gasteiger partial charge in [0.1, 0.15) is 11.4 Å². The van der Waals surface area contributed by atoms with E-state index in [1.54, 1.807) is 38.2 Å². The summed E-state index contributed by atoms with van der Waals surface area (Å²) < 4.78 is 32.9. The van der Waals surface area contributed by atoms with Gasteiger partial charge in [0, 0.05) is 0 Å². The molecule has 6 nitrogen and oxygen atoms in total. The topological polar surface area (TPSA) is 108 Å². The van der Waals surface area contributed by atoms with Crippen LogP contribution in [0.15, 0.2) is 33.8 Å². The van der Waals surface area contributed by atoms with Crippen molar-refractivity contribution in [2.24, 2.45) is 0 Å². The van der Waals surface area contributed by atoms with Crippen LogP contribution < -0.4 is 10.5 Å². The molecule has 0 radical (unpaired) electrons. The summed E-state index contributed by atoms with van der Waals surface area (Å²) in [4.78, 5) is 0.0260. The normalized spacial score (nSPS) is 10.6. The van der Waals surface area contributed by atoms with Crippen LogP contribution in [0.4, 0.5) is 0 Å². The van der Waals surface area contributed by atoms with Crippen LogP contribution in [0.2, 0.25) is 5.02 Å². The third kappa shape index (κ3) is 5.97. The average molecular weight is 448 g/mol. The largest absolute Gasteiger partial charge is 0.295 e. The highest BCUT2D eigenvalue weighted by molar-refractivity contribution is 9.10. The van der Waals surface area contributed by atoms with Crippen LogP contribution in [0.1, 0.15) is 22.4 Å². The Morgan fingerprint density at radius 2 is 1.80 bits per heavy atom. The quantitative estimate of drug-likeness (QED) is 0.418. The van der Waals surface area contributed by atoms with Gasteiger partial charge in [0.25, 0.3) is 10.1 Å². The molecule has 0 aliphatic heterocycles. The number of nitrogen functional groups attached to an aromatic ring is 1. The molecule has 2 aromatic rings. The first-order valence-electron chi connectivity index (χ1n) is 7.04. The smallest absolute Gasteiger partial charge is 0.282 e. The Kier molecular flexibility index (Phi) is 7.38. The molecular weight excluding hydrogens is 430 g/mol. The van der Waals surface area contributed by atoms with Gasteiger partial charge in [0.2, 0.25) is 11.9 Å². The summed E-state index contributed by atoms with van der Waals surface area (Å²) in [5, 5.41) is 8.94. The minimum atomic E-state index is -4.08. The number of aryl methyl sites for hydroxylation is 3. The zero-order chi connectivity index (χ0) is 19.4. The molecular formula is C16H18BrClN3O3S+. The lowest BCUT2D eigenvalue weighted by atomic mass is 10.1. The van der Waals surface area contributed by atoms with Gasteiger partial charge >= 0.3 is 0 Å². The summed E-state index contributed by atoms with van der Waals surface area (Å²) in [5.41, 5.74) is 2.77. The van der Waals surface area contributed by atoms with Gasteiger partial charge in [0.15, 0.2) is 0 Å². The molecule has 134 valence electrons. The van der Waals surface area contributed by atoms with Crippen LogP contribution in [0.3, 0.4) is 0 Å². The number of benzene rings is 1. The van der Waals surface area contributed by atoms with Crippen LogP contribution in [-0.4, -0.2) is 13.0 Å². The molecule has 25 heavy (non-hydrogen) atoms. The van der Waals surface area contributed by atoms with Crippen LogP contribution in [0.25, 0.3) is 0 Å². The Balaban J connectivity index is 0.000000251. The molecule has 0 saturated heterocycles. The summed E-state index contributed by atoms with van der Waals surface area (Å²) in [6.45, 7) is 5.22. The predicted octanol–water partition coefficient (Wildman–Crippen LogP) is 3.03. The Morgan fingerprint density at radius 3 is 2.20 bits per heavy atom. The first kappa shape index (κ1) is 21.4. The fourth-order valence-corrected chi connectivity index (χ4v) is 4.19. The summed E-state index contributed by atoms with van der Waals surface area (Å²) in [5.74, 6) is 5.56. The summed E-state index contributed by atoms with van der Waals surface area (Å²) >= 11 is 9.06. The van der Waals surface area contributed by atoms with Crippen LogP contribution in [0.5, 0.6) is 0 Å². The van der Waals surface area contributed by atoms with Crippen molar-refractivity contribution in [2.45, 2.75) is 32.1 Å². The van der Waals surface area contributed by atoms with Gasteiger partial charge in [-0.25, -0.2) is 5.84 Å². The van der Waals surface area contributed by atoms with Crippen LogP contribution in [-0.2, 0) is 16.5 Å². The highest BCUT2D eigenvalue weighted by atomic mass is 79.9. The van der Waals surface area contributed by atoms with E-state index in [2.05, 4.69) is 15.9 Å². The van der Waals surface area contributed by atoms with E-state index in [1.165, 1.54) is 4.68 Å². The Labute approximate surface area is 160 Å². The number of pyridine rings is 1. The average Bonchev–Trinajstić information content (AvgIpc) is 2.40. The molecule has 9 heteroatoms. The predicted molar refractivity (Wildman–Crippen MR) is 99.3 cm³/mol. The van der Waals surface area contributed by atoms with E-state index in [0.29, 0.717) is 21.8 Å². The van der Waals surface area contributed by atoms with Crippen molar-refractivity contribution in [1.29, 1.82) is 5.26 Å². The first-order chi connectivity index (χ1) is 11.5. The van der Waals surface area contributed by atoms with Crippen molar-refractivity contribution >= 4 is 37.6 Å². The zero-order valence-electron chi connectivity index (χ0n) is 13.9. The minimum Gasteiger partial charge on any atom is -0.282 e. The molecule has 1 heterocycles. The molecule has 2 rings (SSSR count). The second-order valence-corrected chi connectivity index (χ2v) is 8.08. The molecule has 1 aromatic carbocycles. The Bertz CT molecular complexity index is 894. The number of rotatable bonds is 2. The second kappa shape index (κ2) is 8.63. The molecule has 0 atom stereocenters. The van der Waals surface area contributed by atoms with Gasteiger partial charge in [-0.3, -0.25) is 4.55 Å². The van der Waals surface area contributed by atoms with Gasteiger partial charge < -0.3 is 0 Å². The number of nitrogens with zero attached hydrogens (tertiary/aromatic N) is 2.